The molecule has 2 aromatic rings. The molecule has 4 heteroatoms. The maximum Gasteiger partial charge on any atom is 0.377 e. The number of hydrogen-bond donors (Lipinski definition) is 1. The minimum Gasteiger partial charge on any atom is -0.406 e. The van der Waals surface area contributed by atoms with Crippen LogP contribution in [0.15, 0.2) is 60.7 Å². The van der Waals surface area contributed by atoms with Gasteiger partial charge in [-0.2, -0.15) is 0 Å². The molecule has 124 valence electrons. The van der Waals surface area contributed by atoms with Crippen LogP contribution in [0.4, 0.5) is 0 Å². The number of nitrogens with one attached hydrogen (secondary N) is 1. The molecule has 0 aliphatic carbocycles. The van der Waals surface area contributed by atoms with Gasteiger partial charge in [0.15, 0.2) is 0 Å². The Morgan fingerprint density at radius 1 is 1.00 bits per heavy atom. The summed E-state index contributed by atoms with van der Waals surface area (Å²) >= 11 is 0. The Labute approximate surface area is 147 Å². The van der Waals surface area contributed by atoms with Gasteiger partial charge in [-0.3, -0.25) is 0 Å². The molecule has 0 amide bonds. The fourth-order valence-electron chi connectivity index (χ4n) is 3.93. The van der Waals surface area contributed by atoms with Gasteiger partial charge in [-0.25, -0.2) is 0 Å². The number of unbranched alkanes of at least 4 members (excludes halogenated alkanes) is 1. The Bertz CT molecular complexity index is 581. The van der Waals surface area contributed by atoms with Gasteiger partial charge < -0.3 is 9.88 Å². The van der Waals surface area contributed by atoms with Crippen molar-refractivity contribution in [3.8, 4) is 0 Å². The van der Waals surface area contributed by atoms with E-state index in [0.717, 1.165) is 6.42 Å². The first-order valence-electron chi connectivity index (χ1n) is 9.32. The molecule has 1 aliphatic rings. The van der Waals surface area contributed by atoms with Crippen LogP contribution in [-0.4, -0.2) is 20.4 Å². The average molecular weight is 319 g/mol. The van der Waals surface area contributed by atoms with E-state index in [1.165, 1.54) is 37.6 Å². The smallest absolute Gasteiger partial charge is 0.377 e. The van der Waals surface area contributed by atoms with Crippen LogP contribution in [0.2, 0.25) is 20.0 Å². The van der Waals surface area contributed by atoms with Crippen molar-refractivity contribution in [3.63, 3.8) is 0 Å². The minimum atomic E-state index is -0.395. The molecule has 1 fully saturated rings. The lowest BCUT2D eigenvalue weighted by molar-refractivity contribution is 0.109. The van der Waals surface area contributed by atoms with E-state index >= 15 is 0 Å². The summed E-state index contributed by atoms with van der Waals surface area (Å²) in [6.45, 7) is 4.38. The van der Waals surface area contributed by atoms with Gasteiger partial charge in [0.2, 0.25) is 0 Å². The summed E-state index contributed by atoms with van der Waals surface area (Å²) in [5.41, 5.74) is 2.09. The topological polar surface area (TPSA) is 21.3 Å². The summed E-state index contributed by atoms with van der Waals surface area (Å²) in [6.07, 6.45) is 4.98. The predicted molar refractivity (Wildman–Crippen MR) is 105 cm³/mol. The van der Waals surface area contributed by atoms with Crippen molar-refractivity contribution in [2.24, 2.45) is 0 Å². The van der Waals surface area contributed by atoms with Crippen LogP contribution in [0.3, 0.4) is 0 Å². The molecule has 0 saturated carbocycles. The summed E-state index contributed by atoms with van der Waals surface area (Å²) in [6, 6.07) is 21.7. The summed E-state index contributed by atoms with van der Waals surface area (Å²) < 4.78 is 6.58. The molecule has 0 radical (unpaired) electrons. The van der Waals surface area contributed by atoms with Gasteiger partial charge in [0.05, 0.1) is 0 Å². The third-order valence-corrected chi connectivity index (χ3v) is 5.04. The van der Waals surface area contributed by atoms with Crippen molar-refractivity contribution in [3.05, 3.63) is 71.8 Å². The zero-order valence-corrected chi connectivity index (χ0v) is 14.9. The molecule has 3 rings (SSSR count). The van der Waals surface area contributed by atoms with Crippen LogP contribution in [0.5, 0.6) is 0 Å². The predicted octanol–water partition coefficient (Wildman–Crippen LogP) is 4.11. The SMILES string of the molecule is CBCCCC[C@@H]1NB(C)OC1(c1ccccc1)c1ccccc1. The average Bonchev–Trinajstić information content (AvgIpc) is 2.98. The van der Waals surface area contributed by atoms with E-state index < -0.39 is 5.60 Å². The largest absolute Gasteiger partial charge is 0.406 e. The molecule has 1 heterocycles. The van der Waals surface area contributed by atoms with Crippen molar-refractivity contribution in [2.45, 2.75) is 50.9 Å². The number of benzene rings is 2. The Kier molecular flexibility index (Phi) is 5.80. The first-order valence-corrected chi connectivity index (χ1v) is 9.32. The molecule has 24 heavy (non-hydrogen) atoms. The highest BCUT2D eigenvalue weighted by Gasteiger charge is 2.50. The highest BCUT2D eigenvalue weighted by Crippen LogP contribution is 2.42. The molecule has 1 aliphatic heterocycles. The Hall–Kier alpha value is -1.51. The van der Waals surface area contributed by atoms with E-state index in [4.69, 9.17) is 4.65 Å². The van der Waals surface area contributed by atoms with Gasteiger partial charge in [0, 0.05) is 6.04 Å². The molecule has 0 spiro atoms. The first kappa shape index (κ1) is 17.3. The lowest BCUT2D eigenvalue weighted by atomic mass is 9.75. The van der Waals surface area contributed by atoms with E-state index in [1.54, 1.807) is 0 Å². The van der Waals surface area contributed by atoms with Gasteiger partial charge >= 0.3 is 7.05 Å². The van der Waals surface area contributed by atoms with Crippen molar-refractivity contribution in [1.29, 1.82) is 0 Å². The Balaban J connectivity index is 1.96. The van der Waals surface area contributed by atoms with Gasteiger partial charge in [0.1, 0.15) is 12.9 Å². The van der Waals surface area contributed by atoms with Gasteiger partial charge in [-0.05, 0) is 24.4 Å². The van der Waals surface area contributed by atoms with E-state index in [9.17, 15) is 0 Å². The van der Waals surface area contributed by atoms with Crippen LogP contribution < -0.4 is 5.23 Å². The lowest BCUT2D eigenvalue weighted by Crippen LogP contribution is -2.42. The standard InChI is InChI=1S/C20H27B2NO/c1-21-16-10-9-15-19-20(24-22(2)23-19,17-11-5-3-6-12-17)18-13-7-4-8-14-18/h3-8,11-14,19,21,23H,9-10,15-16H2,1-2H3/t19-/m0/s1. The van der Waals surface area contributed by atoms with Crippen molar-refractivity contribution >= 4 is 14.3 Å². The Morgan fingerprint density at radius 2 is 1.58 bits per heavy atom. The summed E-state index contributed by atoms with van der Waals surface area (Å²) in [5.74, 6) is 0. The highest BCUT2D eigenvalue weighted by atomic mass is 16.5. The maximum atomic E-state index is 6.58. The van der Waals surface area contributed by atoms with Crippen molar-refractivity contribution < 1.29 is 4.65 Å². The van der Waals surface area contributed by atoms with Crippen LogP contribution >= 0.6 is 0 Å². The van der Waals surface area contributed by atoms with E-state index in [2.05, 4.69) is 79.5 Å². The van der Waals surface area contributed by atoms with Crippen molar-refractivity contribution in [1.82, 2.24) is 5.23 Å². The normalized spacial score (nSPS) is 19.4. The molecule has 2 nitrogen and oxygen atoms in total. The van der Waals surface area contributed by atoms with Crippen LogP contribution in [0.1, 0.15) is 30.4 Å². The number of hydrogen-bond acceptors (Lipinski definition) is 2. The van der Waals surface area contributed by atoms with E-state index in [1.807, 2.05) is 0 Å². The zero-order chi connectivity index (χ0) is 16.8. The van der Waals surface area contributed by atoms with E-state index in [-0.39, 0.29) is 7.05 Å². The molecule has 0 bridgehead atoms. The minimum absolute atomic E-state index is 0.0570. The second-order valence-electron chi connectivity index (χ2n) is 6.80. The third kappa shape index (κ3) is 3.45. The third-order valence-electron chi connectivity index (χ3n) is 5.04. The van der Waals surface area contributed by atoms with Gasteiger partial charge in [-0.15, -0.1) is 0 Å². The quantitative estimate of drug-likeness (QED) is 0.612. The lowest BCUT2D eigenvalue weighted by Gasteiger charge is -2.36. The monoisotopic (exact) mass is 319 g/mol. The molecule has 1 atom stereocenters. The summed E-state index contributed by atoms with van der Waals surface area (Å²) in [4.78, 5) is 0. The zero-order valence-electron chi connectivity index (χ0n) is 14.9. The highest BCUT2D eigenvalue weighted by molar-refractivity contribution is 6.48. The van der Waals surface area contributed by atoms with E-state index in [0.29, 0.717) is 6.04 Å². The van der Waals surface area contributed by atoms with Crippen LogP contribution in [0.25, 0.3) is 0 Å². The molecular formula is C20H27B2NO. The Morgan fingerprint density at radius 3 is 2.12 bits per heavy atom. The van der Waals surface area contributed by atoms with Crippen LogP contribution in [0, 0.1) is 0 Å². The molecule has 0 aromatic heterocycles. The molecule has 1 saturated heterocycles. The molecular weight excluding hydrogens is 292 g/mol. The second-order valence-corrected chi connectivity index (χ2v) is 6.80. The number of rotatable bonds is 7. The molecule has 1 N–H and O–H groups in total. The van der Waals surface area contributed by atoms with Crippen molar-refractivity contribution in [2.75, 3.05) is 0 Å². The fourth-order valence-corrected chi connectivity index (χ4v) is 3.93. The van der Waals surface area contributed by atoms with Gasteiger partial charge in [-0.1, -0.05) is 86.6 Å². The van der Waals surface area contributed by atoms with Gasteiger partial charge in [0.25, 0.3) is 0 Å². The molecule has 0 unspecified atom stereocenters. The first-order chi connectivity index (χ1) is 11.8. The van der Waals surface area contributed by atoms with Crippen LogP contribution in [-0.2, 0) is 10.3 Å². The summed E-state index contributed by atoms with van der Waals surface area (Å²) in [5, 5.41) is 3.70. The summed E-state index contributed by atoms with van der Waals surface area (Å²) in [7, 11) is 1.33. The maximum absolute atomic E-state index is 6.58. The second kappa shape index (κ2) is 8.04. The molecule has 2 aromatic carbocycles. The fraction of sp³-hybridized carbons (Fsp3) is 0.400.